The summed E-state index contributed by atoms with van der Waals surface area (Å²) in [4.78, 5) is 17.6. The number of ketones is 1. The lowest BCUT2D eigenvalue weighted by Gasteiger charge is -2.32. The van der Waals surface area contributed by atoms with E-state index in [0.717, 1.165) is 34.9 Å². The van der Waals surface area contributed by atoms with Crippen LogP contribution in [0.2, 0.25) is 0 Å². The van der Waals surface area contributed by atoms with Crippen molar-refractivity contribution in [2.45, 2.75) is 12.8 Å². The number of hydrogen-bond donors (Lipinski definition) is 0. The number of thiophene rings is 1. The van der Waals surface area contributed by atoms with Crippen molar-refractivity contribution in [3.8, 4) is 0 Å². The molecule has 0 radical (unpaired) electrons. The summed E-state index contributed by atoms with van der Waals surface area (Å²) >= 11 is 4.96. The van der Waals surface area contributed by atoms with Crippen LogP contribution < -0.4 is 0 Å². The van der Waals surface area contributed by atoms with E-state index in [1.807, 2.05) is 11.4 Å². The van der Waals surface area contributed by atoms with Gasteiger partial charge in [-0.3, -0.25) is 9.69 Å². The first-order valence-corrected chi connectivity index (χ1v) is 8.37. The fourth-order valence-corrected chi connectivity index (χ4v) is 4.14. The van der Waals surface area contributed by atoms with Crippen molar-refractivity contribution >= 4 is 33.0 Å². The highest BCUT2D eigenvalue weighted by atomic mass is 79.9. The molecule has 19 heavy (non-hydrogen) atoms. The fourth-order valence-electron chi connectivity index (χ4n) is 2.61. The van der Waals surface area contributed by atoms with Gasteiger partial charge in [-0.2, -0.15) is 0 Å². The van der Waals surface area contributed by atoms with Gasteiger partial charge in [-0.15, -0.1) is 11.3 Å². The maximum Gasteiger partial charge on any atom is 0.187 e. The number of halogens is 1. The van der Waals surface area contributed by atoms with Crippen LogP contribution in [-0.2, 0) is 0 Å². The maximum absolute atomic E-state index is 12.2. The van der Waals surface area contributed by atoms with Crippen molar-refractivity contribution in [3.63, 3.8) is 0 Å². The number of carbonyl (C=O) groups excluding carboxylic acids is 1. The third-order valence-corrected chi connectivity index (χ3v) is 5.45. The SMILES string of the molecule is CN(C)CC1CCN(CC(=O)c2sccc2Br)CC1. The topological polar surface area (TPSA) is 23.6 Å². The predicted octanol–water partition coefficient (Wildman–Crippen LogP) is 2.97. The van der Waals surface area contributed by atoms with Crippen molar-refractivity contribution in [1.29, 1.82) is 0 Å². The molecule has 1 fully saturated rings. The molecule has 1 aliphatic rings. The number of piperidine rings is 1. The molecule has 1 aliphatic heterocycles. The number of hydrogen-bond acceptors (Lipinski definition) is 4. The van der Waals surface area contributed by atoms with Crippen LogP contribution in [0.3, 0.4) is 0 Å². The lowest BCUT2D eigenvalue weighted by Crippen LogP contribution is -2.39. The molecule has 0 saturated carbocycles. The van der Waals surface area contributed by atoms with Gasteiger partial charge in [0.25, 0.3) is 0 Å². The molecule has 0 aromatic carbocycles. The molecule has 106 valence electrons. The molecule has 1 aromatic rings. The van der Waals surface area contributed by atoms with Crippen LogP contribution in [-0.4, -0.2) is 55.9 Å². The van der Waals surface area contributed by atoms with Crippen molar-refractivity contribution < 1.29 is 4.79 Å². The first-order chi connectivity index (χ1) is 9.06. The molecule has 5 heteroatoms. The Kier molecular flexibility index (Phi) is 5.57. The van der Waals surface area contributed by atoms with Gasteiger partial charge < -0.3 is 4.90 Å². The summed E-state index contributed by atoms with van der Waals surface area (Å²) < 4.78 is 0.935. The molecule has 0 N–H and O–H groups in total. The van der Waals surface area contributed by atoms with E-state index in [1.165, 1.54) is 24.2 Å². The molecular weight excluding hydrogens is 324 g/mol. The highest BCUT2D eigenvalue weighted by molar-refractivity contribution is 9.10. The van der Waals surface area contributed by atoms with E-state index >= 15 is 0 Å². The van der Waals surface area contributed by atoms with Crippen molar-refractivity contribution in [2.75, 3.05) is 40.3 Å². The number of rotatable bonds is 5. The number of nitrogens with zero attached hydrogens (tertiary/aromatic N) is 2. The average molecular weight is 345 g/mol. The van der Waals surface area contributed by atoms with Crippen LogP contribution in [0, 0.1) is 5.92 Å². The zero-order valence-electron chi connectivity index (χ0n) is 11.6. The molecule has 2 heterocycles. The van der Waals surface area contributed by atoms with Crippen molar-refractivity contribution in [1.82, 2.24) is 9.80 Å². The average Bonchev–Trinajstić information content (AvgIpc) is 2.77. The second-order valence-corrected chi connectivity index (χ2v) is 7.27. The van der Waals surface area contributed by atoms with Crippen LogP contribution in [0.1, 0.15) is 22.5 Å². The van der Waals surface area contributed by atoms with Gasteiger partial charge in [0.05, 0.1) is 11.4 Å². The molecule has 3 nitrogen and oxygen atoms in total. The van der Waals surface area contributed by atoms with Crippen LogP contribution in [0.25, 0.3) is 0 Å². The van der Waals surface area contributed by atoms with Gasteiger partial charge in [0.2, 0.25) is 0 Å². The van der Waals surface area contributed by atoms with Gasteiger partial charge in [0, 0.05) is 11.0 Å². The normalized spacial score (nSPS) is 18.1. The van der Waals surface area contributed by atoms with Crippen molar-refractivity contribution in [3.05, 3.63) is 20.8 Å². The molecule has 0 spiro atoms. The predicted molar refractivity (Wildman–Crippen MR) is 84.1 cm³/mol. The minimum atomic E-state index is 0.243. The van der Waals surface area contributed by atoms with E-state index in [9.17, 15) is 4.79 Å². The van der Waals surface area contributed by atoms with Crippen LogP contribution in [0.4, 0.5) is 0 Å². The summed E-state index contributed by atoms with van der Waals surface area (Å²) in [6.45, 7) is 3.83. The Morgan fingerprint density at radius 2 is 2.16 bits per heavy atom. The largest absolute Gasteiger partial charge is 0.309 e. The highest BCUT2D eigenvalue weighted by Crippen LogP contribution is 2.24. The zero-order valence-corrected chi connectivity index (χ0v) is 14.0. The van der Waals surface area contributed by atoms with Gasteiger partial charge in [-0.05, 0) is 73.3 Å². The number of carbonyl (C=O) groups is 1. The minimum Gasteiger partial charge on any atom is -0.309 e. The molecule has 0 atom stereocenters. The Bertz CT molecular complexity index is 425. The second-order valence-electron chi connectivity index (χ2n) is 5.50. The summed E-state index contributed by atoms with van der Waals surface area (Å²) in [7, 11) is 4.26. The standard InChI is InChI=1S/C14H21BrN2OS/c1-16(2)9-11-3-6-17(7-4-11)10-13(18)14-12(15)5-8-19-14/h5,8,11H,3-4,6-7,9-10H2,1-2H3. The van der Waals surface area contributed by atoms with Crippen LogP contribution in [0.15, 0.2) is 15.9 Å². The second kappa shape index (κ2) is 6.97. The van der Waals surface area contributed by atoms with Gasteiger partial charge in [-0.25, -0.2) is 0 Å². The third kappa shape index (κ3) is 4.38. The van der Waals surface area contributed by atoms with E-state index < -0.39 is 0 Å². The van der Waals surface area contributed by atoms with Crippen LogP contribution >= 0.6 is 27.3 Å². The quantitative estimate of drug-likeness (QED) is 0.767. The van der Waals surface area contributed by atoms with E-state index in [-0.39, 0.29) is 5.78 Å². The summed E-state index contributed by atoms with van der Waals surface area (Å²) in [5.41, 5.74) is 0. The molecule has 0 aliphatic carbocycles. The third-order valence-electron chi connectivity index (χ3n) is 3.57. The van der Waals surface area contributed by atoms with Crippen LogP contribution in [0.5, 0.6) is 0 Å². The molecule has 0 unspecified atom stereocenters. The smallest absolute Gasteiger partial charge is 0.187 e. The molecule has 1 aromatic heterocycles. The molecule has 0 bridgehead atoms. The number of Topliss-reactive ketones (excluding diaryl/α,β-unsaturated/α-hetero) is 1. The van der Waals surface area contributed by atoms with Gasteiger partial charge in [0.1, 0.15) is 0 Å². The highest BCUT2D eigenvalue weighted by Gasteiger charge is 2.22. The van der Waals surface area contributed by atoms with E-state index in [4.69, 9.17) is 0 Å². The maximum atomic E-state index is 12.2. The Hall–Kier alpha value is -0.230. The lowest BCUT2D eigenvalue weighted by molar-refractivity contribution is 0.0889. The molecule has 2 rings (SSSR count). The van der Waals surface area contributed by atoms with E-state index in [2.05, 4.69) is 39.8 Å². The lowest BCUT2D eigenvalue weighted by atomic mass is 9.96. The Morgan fingerprint density at radius 1 is 1.47 bits per heavy atom. The van der Waals surface area contributed by atoms with Gasteiger partial charge in [0.15, 0.2) is 5.78 Å². The van der Waals surface area contributed by atoms with Gasteiger partial charge in [-0.1, -0.05) is 0 Å². The fraction of sp³-hybridized carbons (Fsp3) is 0.643. The first-order valence-electron chi connectivity index (χ1n) is 6.69. The summed E-state index contributed by atoms with van der Waals surface area (Å²) in [6, 6.07) is 1.95. The minimum absolute atomic E-state index is 0.243. The van der Waals surface area contributed by atoms with E-state index in [0.29, 0.717) is 6.54 Å². The monoisotopic (exact) mass is 344 g/mol. The molecular formula is C14H21BrN2OS. The summed E-state index contributed by atoms with van der Waals surface area (Å²) in [5.74, 6) is 1.03. The Balaban J connectivity index is 1.80. The van der Waals surface area contributed by atoms with E-state index in [1.54, 1.807) is 0 Å². The number of likely N-dealkylation sites (tertiary alicyclic amines) is 1. The van der Waals surface area contributed by atoms with Crippen molar-refractivity contribution in [2.24, 2.45) is 5.92 Å². The molecule has 0 amide bonds. The first kappa shape index (κ1) is 15.2. The Labute approximate surface area is 127 Å². The summed E-state index contributed by atoms with van der Waals surface area (Å²) in [6.07, 6.45) is 2.41. The Morgan fingerprint density at radius 3 is 2.68 bits per heavy atom. The molecule has 1 saturated heterocycles. The summed E-state index contributed by atoms with van der Waals surface area (Å²) in [5, 5.41) is 1.96. The van der Waals surface area contributed by atoms with Gasteiger partial charge >= 0.3 is 0 Å². The zero-order chi connectivity index (χ0) is 13.8.